The molecule has 0 bridgehead atoms. The van der Waals surface area contributed by atoms with E-state index in [0.717, 1.165) is 34.8 Å². The highest BCUT2D eigenvalue weighted by atomic mass is 35.5. The molecule has 138 valence electrons. The Labute approximate surface area is 160 Å². The van der Waals surface area contributed by atoms with E-state index in [-0.39, 0.29) is 11.9 Å². The van der Waals surface area contributed by atoms with Crippen molar-refractivity contribution in [2.45, 2.75) is 19.4 Å². The van der Waals surface area contributed by atoms with Crippen molar-refractivity contribution in [1.82, 2.24) is 10.2 Å². The topological polar surface area (TPSA) is 41.6 Å². The number of halogens is 1. The summed E-state index contributed by atoms with van der Waals surface area (Å²) >= 11 is 6.43. The fraction of sp³-hybridized carbons (Fsp3) is 0.381. The molecule has 1 N–H and O–H groups in total. The molecule has 1 fully saturated rings. The molecule has 0 radical (unpaired) electrons. The third kappa shape index (κ3) is 4.85. The predicted octanol–water partition coefficient (Wildman–Crippen LogP) is 3.38. The molecule has 1 amide bonds. The number of amides is 1. The van der Waals surface area contributed by atoms with Gasteiger partial charge in [0, 0.05) is 24.7 Å². The summed E-state index contributed by atoms with van der Waals surface area (Å²) in [5, 5.41) is 3.83. The minimum atomic E-state index is 0.0320. The lowest BCUT2D eigenvalue weighted by Gasteiger charge is -2.35. The molecule has 1 aliphatic rings. The van der Waals surface area contributed by atoms with Gasteiger partial charge in [0.25, 0.3) is 0 Å². The van der Waals surface area contributed by atoms with Gasteiger partial charge in [0.1, 0.15) is 0 Å². The standard InChI is InChI=1S/C21H25ClN2O2/c1-16-6-2-3-7-17(16)14-21(25)23-15-20(24-10-12-26-13-11-24)18-8-4-5-9-19(18)22/h2-9,20H,10-15H2,1H3,(H,23,25)/t20-/m0/s1. The van der Waals surface area contributed by atoms with E-state index in [1.165, 1.54) is 0 Å². The summed E-state index contributed by atoms with van der Waals surface area (Å²) in [5.41, 5.74) is 3.25. The van der Waals surface area contributed by atoms with Gasteiger partial charge in [-0.2, -0.15) is 0 Å². The number of nitrogens with one attached hydrogen (secondary N) is 1. The van der Waals surface area contributed by atoms with Crippen molar-refractivity contribution in [2.24, 2.45) is 0 Å². The van der Waals surface area contributed by atoms with E-state index < -0.39 is 0 Å². The van der Waals surface area contributed by atoms with Crippen molar-refractivity contribution >= 4 is 17.5 Å². The second-order valence-corrected chi connectivity index (χ2v) is 7.00. The summed E-state index contributed by atoms with van der Waals surface area (Å²) in [5.74, 6) is 0.0320. The van der Waals surface area contributed by atoms with Crippen LogP contribution in [-0.2, 0) is 16.0 Å². The third-order valence-corrected chi connectivity index (χ3v) is 5.20. The molecular weight excluding hydrogens is 348 g/mol. The summed E-state index contributed by atoms with van der Waals surface area (Å²) in [4.78, 5) is 14.8. The molecule has 0 unspecified atom stereocenters. The van der Waals surface area contributed by atoms with E-state index in [1.54, 1.807) is 0 Å². The zero-order chi connectivity index (χ0) is 18.4. The molecule has 0 aromatic heterocycles. The highest BCUT2D eigenvalue weighted by molar-refractivity contribution is 6.31. The second kappa shape index (κ2) is 9.17. The van der Waals surface area contributed by atoms with Crippen molar-refractivity contribution in [2.75, 3.05) is 32.8 Å². The van der Waals surface area contributed by atoms with E-state index >= 15 is 0 Å². The fourth-order valence-corrected chi connectivity index (χ4v) is 3.59. The first-order valence-electron chi connectivity index (χ1n) is 9.02. The van der Waals surface area contributed by atoms with Gasteiger partial charge < -0.3 is 10.1 Å². The summed E-state index contributed by atoms with van der Waals surface area (Å²) in [7, 11) is 0. The van der Waals surface area contributed by atoms with Crippen LogP contribution in [-0.4, -0.2) is 43.7 Å². The molecule has 5 heteroatoms. The Balaban J connectivity index is 1.68. The van der Waals surface area contributed by atoms with Gasteiger partial charge in [0.05, 0.1) is 25.7 Å². The lowest BCUT2D eigenvalue weighted by atomic mass is 10.0. The van der Waals surface area contributed by atoms with E-state index in [9.17, 15) is 4.79 Å². The number of hydrogen-bond acceptors (Lipinski definition) is 3. The summed E-state index contributed by atoms with van der Waals surface area (Å²) in [6.07, 6.45) is 0.394. The maximum atomic E-state index is 12.5. The molecule has 4 nitrogen and oxygen atoms in total. The number of benzene rings is 2. The van der Waals surface area contributed by atoms with Crippen LogP contribution in [0.15, 0.2) is 48.5 Å². The number of morpholine rings is 1. The highest BCUT2D eigenvalue weighted by Gasteiger charge is 2.24. The van der Waals surface area contributed by atoms with E-state index in [0.29, 0.717) is 26.2 Å². The maximum absolute atomic E-state index is 12.5. The van der Waals surface area contributed by atoms with Crippen molar-refractivity contribution in [1.29, 1.82) is 0 Å². The molecule has 1 heterocycles. The van der Waals surface area contributed by atoms with Gasteiger partial charge in [-0.1, -0.05) is 54.1 Å². The van der Waals surface area contributed by atoms with Gasteiger partial charge in [0.2, 0.25) is 5.91 Å². The largest absolute Gasteiger partial charge is 0.379 e. The van der Waals surface area contributed by atoms with Crippen molar-refractivity contribution in [3.05, 3.63) is 70.2 Å². The summed E-state index contributed by atoms with van der Waals surface area (Å²) in [6.45, 7) is 5.65. The molecule has 3 rings (SSSR count). The van der Waals surface area contributed by atoms with Crippen LogP contribution in [0.4, 0.5) is 0 Å². The van der Waals surface area contributed by atoms with Gasteiger partial charge >= 0.3 is 0 Å². The highest BCUT2D eigenvalue weighted by Crippen LogP contribution is 2.27. The molecule has 1 aliphatic heterocycles. The SMILES string of the molecule is Cc1ccccc1CC(=O)NC[C@@H](c1ccccc1Cl)N1CCOCC1. The molecule has 2 aromatic rings. The molecular formula is C21H25ClN2O2. The molecule has 26 heavy (non-hydrogen) atoms. The van der Waals surface area contributed by atoms with Crippen LogP contribution in [0.1, 0.15) is 22.7 Å². The third-order valence-electron chi connectivity index (χ3n) is 4.86. The van der Waals surface area contributed by atoms with Gasteiger partial charge in [-0.05, 0) is 29.7 Å². The number of carbonyl (C=O) groups is 1. The molecule has 0 saturated carbocycles. The second-order valence-electron chi connectivity index (χ2n) is 6.59. The first-order valence-corrected chi connectivity index (χ1v) is 9.40. The number of carbonyl (C=O) groups excluding carboxylic acids is 1. The Morgan fingerprint density at radius 2 is 1.85 bits per heavy atom. The van der Waals surface area contributed by atoms with Crippen LogP contribution in [0.2, 0.25) is 5.02 Å². The Morgan fingerprint density at radius 1 is 1.15 bits per heavy atom. The van der Waals surface area contributed by atoms with Gasteiger partial charge in [-0.15, -0.1) is 0 Å². The zero-order valence-electron chi connectivity index (χ0n) is 15.1. The minimum Gasteiger partial charge on any atom is -0.379 e. The van der Waals surface area contributed by atoms with Crippen LogP contribution in [0.3, 0.4) is 0 Å². The van der Waals surface area contributed by atoms with Crippen molar-refractivity contribution in [3.63, 3.8) is 0 Å². The van der Waals surface area contributed by atoms with Gasteiger partial charge in [0.15, 0.2) is 0 Å². The molecule has 2 aromatic carbocycles. The average Bonchev–Trinajstić information content (AvgIpc) is 2.66. The average molecular weight is 373 g/mol. The number of hydrogen-bond donors (Lipinski definition) is 1. The van der Waals surface area contributed by atoms with Crippen molar-refractivity contribution in [3.8, 4) is 0 Å². The van der Waals surface area contributed by atoms with Crippen LogP contribution in [0, 0.1) is 6.92 Å². The normalized spacial score (nSPS) is 16.2. The van der Waals surface area contributed by atoms with Crippen molar-refractivity contribution < 1.29 is 9.53 Å². The Morgan fingerprint density at radius 3 is 2.58 bits per heavy atom. The Hall–Kier alpha value is -1.88. The zero-order valence-corrected chi connectivity index (χ0v) is 15.8. The van der Waals surface area contributed by atoms with Crippen LogP contribution >= 0.6 is 11.6 Å². The van der Waals surface area contributed by atoms with E-state index in [2.05, 4.69) is 10.2 Å². The first-order chi connectivity index (χ1) is 12.6. The van der Waals surface area contributed by atoms with Crippen LogP contribution in [0.25, 0.3) is 0 Å². The fourth-order valence-electron chi connectivity index (χ4n) is 3.32. The van der Waals surface area contributed by atoms with Gasteiger partial charge in [-0.3, -0.25) is 9.69 Å². The summed E-state index contributed by atoms with van der Waals surface area (Å²) in [6, 6.07) is 15.9. The summed E-state index contributed by atoms with van der Waals surface area (Å²) < 4.78 is 5.47. The lowest BCUT2D eigenvalue weighted by Crippen LogP contribution is -2.44. The van der Waals surface area contributed by atoms with Crippen LogP contribution in [0.5, 0.6) is 0 Å². The Kier molecular flexibility index (Phi) is 6.67. The monoisotopic (exact) mass is 372 g/mol. The number of ether oxygens (including phenoxy) is 1. The lowest BCUT2D eigenvalue weighted by molar-refractivity contribution is -0.120. The van der Waals surface area contributed by atoms with E-state index in [1.807, 2.05) is 55.5 Å². The molecule has 1 atom stereocenters. The maximum Gasteiger partial charge on any atom is 0.224 e. The number of rotatable bonds is 6. The Bertz CT molecular complexity index is 744. The number of aryl methyl sites for hydroxylation is 1. The number of nitrogens with zero attached hydrogens (tertiary/aromatic N) is 1. The van der Waals surface area contributed by atoms with Gasteiger partial charge in [-0.25, -0.2) is 0 Å². The predicted molar refractivity (Wildman–Crippen MR) is 104 cm³/mol. The molecule has 1 saturated heterocycles. The van der Waals surface area contributed by atoms with E-state index in [4.69, 9.17) is 16.3 Å². The molecule has 0 aliphatic carbocycles. The quantitative estimate of drug-likeness (QED) is 0.845. The first kappa shape index (κ1) is 18.9. The molecule has 0 spiro atoms. The minimum absolute atomic E-state index is 0.0320. The van der Waals surface area contributed by atoms with Crippen LogP contribution < -0.4 is 5.32 Å². The smallest absolute Gasteiger partial charge is 0.224 e.